The fraction of sp³-hybridized carbons (Fsp3) is 0.172. The van der Waals surface area contributed by atoms with Crippen LogP contribution in [0.15, 0.2) is 79.0 Å². The number of thiophene rings is 1. The number of nitrogens with zero attached hydrogens (tertiary/aromatic N) is 1. The number of fused-ring (bicyclic) bond motifs is 3. The number of ether oxygens (including phenoxy) is 3. The van der Waals surface area contributed by atoms with Crippen LogP contribution in [-0.2, 0) is 16.1 Å². The zero-order chi connectivity index (χ0) is 25.1. The summed E-state index contributed by atoms with van der Waals surface area (Å²) >= 11 is 1.24. The van der Waals surface area contributed by atoms with Gasteiger partial charge in [-0.2, -0.15) is 0 Å². The molecule has 0 saturated carbocycles. The number of pyridine rings is 1. The molecule has 0 aliphatic heterocycles. The summed E-state index contributed by atoms with van der Waals surface area (Å²) in [5, 5.41) is 0. The maximum atomic E-state index is 13.3. The standard InChI is InChI=1S/C29H25NO5S/c1-3-33-28(31)23-24-21(35-18-19-12-7-5-8-13-19)16-11-17-30(24)25-22(20-14-9-6-10-15-20)27(36-26(23)25)29(32)34-4-2/h5-17H,3-4,18H2,1-2H3. The summed E-state index contributed by atoms with van der Waals surface area (Å²) in [4.78, 5) is 26.8. The van der Waals surface area contributed by atoms with Crippen LogP contribution in [-0.4, -0.2) is 29.6 Å². The van der Waals surface area contributed by atoms with Crippen molar-refractivity contribution in [3.8, 4) is 16.9 Å². The smallest absolute Gasteiger partial charge is 0.349 e. The van der Waals surface area contributed by atoms with E-state index in [0.29, 0.717) is 33.0 Å². The van der Waals surface area contributed by atoms with Crippen LogP contribution < -0.4 is 4.74 Å². The van der Waals surface area contributed by atoms with Crippen LogP contribution >= 0.6 is 11.3 Å². The molecule has 0 unspecified atom stereocenters. The molecular formula is C29H25NO5S. The number of carbonyl (C=O) groups is 2. The molecule has 0 amide bonds. The predicted octanol–water partition coefficient (Wildman–Crippen LogP) is 6.75. The van der Waals surface area contributed by atoms with Gasteiger partial charge in [-0.05, 0) is 37.1 Å². The maximum absolute atomic E-state index is 13.3. The van der Waals surface area contributed by atoms with Gasteiger partial charge in [-0.15, -0.1) is 11.3 Å². The van der Waals surface area contributed by atoms with Crippen molar-refractivity contribution < 1.29 is 23.8 Å². The van der Waals surface area contributed by atoms with Gasteiger partial charge in [-0.1, -0.05) is 60.7 Å². The number of hydrogen-bond acceptors (Lipinski definition) is 6. The van der Waals surface area contributed by atoms with Crippen LogP contribution in [0.1, 0.15) is 39.4 Å². The van der Waals surface area contributed by atoms with E-state index in [1.54, 1.807) is 13.8 Å². The molecule has 0 bridgehead atoms. The minimum Gasteiger partial charge on any atom is -0.487 e. The third-order valence-corrected chi connectivity index (χ3v) is 6.96. The van der Waals surface area contributed by atoms with Gasteiger partial charge in [0.2, 0.25) is 0 Å². The summed E-state index contributed by atoms with van der Waals surface area (Å²) in [5.74, 6) is -0.320. The second-order valence-corrected chi connectivity index (χ2v) is 9.05. The quantitative estimate of drug-likeness (QED) is 0.221. The average Bonchev–Trinajstić information content (AvgIpc) is 3.44. The molecule has 182 valence electrons. The first-order valence-corrected chi connectivity index (χ1v) is 12.6. The monoisotopic (exact) mass is 499 g/mol. The van der Waals surface area contributed by atoms with Gasteiger partial charge in [0, 0.05) is 11.8 Å². The van der Waals surface area contributed by atoms with E-state index in [1.807, 2.05) is 83.4 Å². The fourth-order valence-corrected chi connectivity index (χ4v) is 5.55. The molecule has 36 heavy (non-hydrogen) atoms. The topological polar surface area (TPSA) is 66.2 Å². The number of carbonyl (C=O) groups excluding carboxylic acids is 2. The summed E-state index contributed by atoms with van der Waals surface area (Å²) in [7, 11) is 0. The van der Waals surface area contributed by atoms with Gasteiger partial charge in [-0.3, -0.25) is 0 Å². The zero-order valence-corrected chi connectivity index (χ0v) is 20.8. The van der Waals surface area contributed by atoms with Crippen molar-refractivity contribution in [2.75, 3.05) is 13.2 Å². The SMILES string of the molecule is CCOC(=O)c1sc2c(C(=O)OCC)c3c(OCc4ccccc4)cccn3c2c1-c1ccccc1. The lowest BCUT2D eigenvalue weighted by Gasteiger charge is -2.11. The van der Waals surface area contributed by atoms with Crippen molar-refractivity contribution in [2.24, 2.45) is 0 Å². The molecular weight excluding hydrogens is 474 g/mol. The van der Waals surface area contributed by atoms with Gasteiger partial charge in [0.05, 0.1) is 23.4 Å². The van der Waals surface area contributed by atoms with Crippen molar-refractivity contribution in [1.82, 2.24) is 4.40 Å². The largest absolute Gasteiger partial charge is 0.487 e. The second-order valence-electron chi connectivity index (χ2n) is 8.03. The van der Waals surface area contributed by atoms with Crippen molar-refractivity contribution in [1.29, 1.82) is 0 Å². The van der Waals surface area contributed by atoms with E-state index in [9.17, 15) is 9.59 Å². The van der Waals surface area contributed by atoms with Gasteiger partial charge in [-0.25, -0.2) is 9.59 Å². The molecule has 3 aromatic heterocycles. The van der Waals surface area contributed by atoms with E-state index in [-0.39, 0.29) is 13.2 Å². The molecule has 6 nitrogen and oxygen atoms in total. The summed E-state index contributed by atoms with van der Waals surface area (Å²) < 4.78 is 19.6. The Morgan fingerprint density at radius 3 is 2.17 bits per heavy atom. The Hall–Kier alpha value is -4.10. The molecule has 0 saturated heterocycles. The van der Waals surface area contributed by atoms with E-state index in [0.717, 1.165) is 22.2 Å². The molecule has 2 aromatic carbocycles. The lowest BCUT2D eigenvalue weighted by molar-refractivity contribution is 0.0521. The fourth-order valence-electron chi connectivity index (χ4n) is 4.31. The van der Waals surface area contributed by atoms with E-state index in [4.69, 9.17) is 14.2 Å². The normalized spacial score (nSPS) is 11.1. The first kappa shape index (κ1) is 23.6. The molecule has 7 heteroatoms. The minimum absolute atomic E-state index is 0.229. The Balaban J connectivity index is 1.79. The third-order valence-electron chi connectivity index (χ3n) is 5.78. The van der Waals surface area contributed by atoms with Crippen molar-refractivity contribution in [3.05, 3.63) is 95.0 Å². The number of rotatable bonds is 8. The summed E-state index contributed by atoms with van der Waals surface area (Å²) in [6.07, 6.45) is 1.88. The molecule has 5 rings (SSSR count). The van der Waals surface area contributed by atoms with Crippen molar-refractivity contribution >= 4 is 39.0 Å². The third kappa shape index (κ3) is 4.22. The average molecular weight is 500 g/mol. The van der Waals surface area contributed by atoms with Crippen LogP contribution in [0, 0.1) is 0 Å². The Kier molecular flexibility index (Phi) is 6.73. The summed E-state index contributed by atoms with van der Waals surface area (Å²) in [6, 6.07) is 23.2. The van der Waals surface area contributed by atoms with E-state index >= 15 is 0 Å². The molecule has 0 spiro atoms. The predicted molar refractivity (Wildman–Crippen MR) is 141 cm³/mol. The first-order valence-electron chi connectivity index (χ1n) is 11.8. The van der Waals surface area contributed by atoms with Crippen LogP contribution in [0.5, 0.6) is 5.75 Å². The van der Waals surface area contributed by atoms with Crippen molar-refractivity contribution in [2.45, 2.75) is 20.5 Å². The molecule has 0 atom stereocenters. The Morgan fingerprint density at radius 1 is 0.806 bits per heavy atom. The molecule has 0 fully saturated rings. The number of aromatic nitrogens is 1. The van der Waals surface area contributed by atoms with Crippen LogP contribution in [0.2, 0.25) is 0 Å². The molecule has 5 aromatic rings. The van der Waals surface area contributed by atoms with Gasteiger partial charge < -0.3 is 18.6 Å². The van der Waals surface area contributed by atoms with Crippen LogP contribution in [0.3, 0.4) is 0 Å². The lowest BCUT2D eigenvalue weighted by atomic mass is 10.1. The Bertz CT molecular complexity index is 1540. The molecule has 0 radical (unpaired) electrons. The van der Waals surface area contributed by atoms with Crippen LogP contribution in [0.25, 0.3) is 26.9 Å². The number of benzene rings is 2. The highest BCUT2D eigenvalue weighted by molar-refractivity contribution is 7.22. The van der Waals surface area contributed by atoms with Crippen LogP contribution in [0.4, 0.5) is 0 Å². The van der Waals surface area contributed by atoms with Crippen molar-refractivity contribution in [3.63, 3.8) is 0 Å². The maximum Gasteiger partial charge on any atom is 0.349 e. The molecule has 0 N–H and O–H groups in total. The number of esters is 2. The van der Waals surface area contributed by atoms with E-state index in [1.165, 1.54) is 11.3 Å². The van der Waals surface area contributed by atoms with Gasteiger partial charge >= 0.3 is 11.9 Å². The second kappa shape index (κ2) is 10.3. The highest BCUT2D eigenvalue weighted by atomic mass is 32.1. The number of hydrogen-bond donors (Lipinski definition) is 0. The highest BCUT2D eigenvalue weighted by Crippen LogP contribution is 2.45. The Labute approximate surface area is 212 Å². The summed E-state index contributed by atoms with van der Waals surface area (Å²) in [5.41, 5.74) is 4.34. The zero-order valence-electron chi connectivity index (χ0n) is 20.0. The van der Waals surface area contributed by atoms with Gasteiger partial charge in [0.15, 0.2) is 0 Å². The highest BCUT2D eigenvalue weighted by Gasteiger charge is 2.30. The van der Waals surface area contributed by atoms with Gasteiger partial charge in [0.25, 0.3) is 0 Å². The molecule has 0 aliphatic rings. The van der Waals surface area contributed by atoms with E-state index < -0.39 is 11.9 Å². The Morgan fingerprint density at radius 2 is 1.47 bits per heavy atom. The van der Waals surface area contributed by atoms with E-state index in [2.05, 4.69) is 0 Å². The summed E-state index contributed by atoms with van der Waals surface area (Å²) in [6.45, 7) is 4.38. The minimum atomic E-state index is -0.461. The molecule has 0 aliphatic carbocycles. The first-order chi connectivity index (χ1) is 17.6. The lowest BCUT2D eigenvalue weighted by Crippen LogP contribution is -2.06. The van der Waals surface area contributed by atoms with Gasteiger partial charge in [0.1, 0.15) is 28.3 Å². The molecule has 3 heterocycles.